The lowest BCUT2D eigenvalue weighted by Gasteiger charge is -2.43. The SMILES string of the molecule is C=CC1=CC[C@H]2C(=O)N(Nc3ccc(Cl)cc3Cl)C(=O)[C@@]2(c2ccc(OC)cc2)[C@H]1c1cc(OC)c(O)c(OC)c1. The van der Waals surface area contributed by atoms with Gasteiger partial charge in [-0.25, -0.2) is 0 Å². The molecule has 2 aliphatic rings. The first kappa shape index (κ1) is 28.4. The van der Waals surface area contributed by atoms with Gasteiger partial charge in [0, 0.05) is 10.9 Å². The molecule has 0 unspecified atom stereocenters. The van der Waals surface area contributed by atoms with Gasteiger partial charge in [0.15, 0.2) is 11.5 Å². The van der Waals surface area contributed by atoms with Crippen molar-refractivity contribution in [2.24, 2.45) is 5.92 Å². The molecule has 3 aromatic carbocycles. The number of halogens is 2. The van der Waals surface area contributed by atoms with Crippen LogP contribution in [0.4, 0.5) is 5.69 Å². The number of amides is 2. The van der Waals surface area contributed by atoms with E-state index >= 15 is 0 Å². The van der Waals surface area contributed by atoms with Crippen molar-refractivity contribution in [1.82, 2.24) is 5.01 Å². The molecule has 3 aromatic rings. The molecule has 1 heterocycles. The minimum atomic E-state index is -1.42. The minimum Gasteiger partial charge on any atom is -0.502 e. The number of phenols is 1. The Bertz CT molecular complexity index is 1550. The van der Waals surface area contributed by atoms with Gasteiger partial charge in [-0.3, -0.25) is 15.0 Å². The third-order valence-corrected chi connectivity index (χ3v) is 8.35. The molecule has 10 heteroatoms. The molecule has 1 aliphatic heterocycles. The first-order valence-corrected chi connectivity index (χ1v) is 13.5. The van der Waals surface area contributed by atoms with E-state index in [0.29, 0.717) is 27.6 Å². The van der Waals surface area contributed by atoms with Gasteiger partial charge in [0.2, 0.25) is 5.75 Å². The van der Waals surface area contributed by atoms with E-state index < -0.39 is 29.1 Å². The van der Waals surface area contributed by atoms with Crippen LogP contribution < -0.4 is 19.6 Å². The number of ether oxygens (including phenoxy) is 3. The van der Waals surface area contributed by atoms with E-state index in [4.69, 9.17) is 37.4 Å². The van der Waals surface area contributed by atoms with Crippen LogP contribution in [0, 0.1) is 5.92 Å². The van der Waals surface area contributed by atoms with Crippen molar-refractivity contribution >= 4 is 40.7 Å². The number of hydrogen-bond acceptors (Lipinski definition) is 7. The summed E-state index contributed by atoms with van der Waals surface area (Å²) < 4.78 is 16.3. The summed E-state index contributed by atoms with van der Waals surface area (Å²) in [6.45, 7) is 4.02. The molecule has 41 heavy (non-hydrogen) atoms. The van der Waals surface area contributed by atoms with Gasteiger partial charge in [-0.15, -0.1) is 0 Å². The lowest BCUT2D eigenvalue weighted by molar-refractivity contribution is -0.138. The molecule has 0 radical (unpaired) electrons. The highest BCUT2D eigenvalue weighted by Crippen LogP contribution is 2.59. The number of methoxy groups -OCH3 is 3. The Kier molecular flexibility index (Phi) is 7.64. The molecule has 1 fully saturated rings. The number of rotatable bonds is 8. The van der Waals surface area contributed by atoms with Crippen LogP contribution in [0.1, 0.15) is 23.5 Å². The van der Waals surface area contributed by atoms with E-state index in [2.05, 4.69) is 12.0 Å². The molecule has 212 valence electrons. The summed E-state index contributed by atoms with van der Waals surface area (Å²) in [6, 6.07) is 15.1. The molecule has 1 saturated heterocycles. The second-order valence-electron chi connectivity index (χ2n) is 9.72. The number of nitrogens with one attached hydrogen (secondary N) is 1. The number of hydrogen-bond donors (Lipinski definition) is 2. The van der Waals surface area contributed by atoms with Gasteiger partial charge in [-0.05, 0) is 65.6 Å². The molecule has 1 aliphatic carbocycles. The molecule has 8 nitrogen and oxygen atoms in total. The number of aromatic hydroxyl groups is 1. The Hall–Kier alpha value is -4.14. The number of hydrazine groups is 1. The Balaban J connectivity index is 1.77. The molecule has 3 atom stereocenters. The van der Waals surface area contributed by atoms with Crippen molar-refractivity contribution < 1.29 is 28.9 Å². The Labute approximate surface area is 247 Å². The van der Waals surface area contributed by atoms with Crippen molar-refractivity contribution in [3.8, 4) is 23.0 Å². The van der Waals surface area contributed by atoms with Crippen molar-refractivity contribution in [1.29, 1.82) is 0 Å². The average Bonchev–Trinajstić information content (AvgIpc) is 3.20. The molecule has 2 amide bonds. The quantitative estimate of drug-likeness (QED) is 0.296. The summed E-state index contributed by atoms with van der Waals surface area (Å²) in [5.74, 6) is -1.65. The smallest absolute Gasteiger partial charge is 0.260 e. The number of carbonyl (C=O) groups is 2. The third kappa shape index (κ3) is 4.47. The van der Waals surface area contributed by atoms with Crippen molar-refractivity contribution in [3.05, 3.63) is 100 Å². The molecule has 2 N–H and O–H groups in total. The van der Waals surface area contributed by atoms with Crippen molar-refractivity contribution in [2.75, 3.05) is 26.8 Å². The van der Waals surface area contributed by atoms with Crippen molar-refractivity contribution in [2.45, 2.75) is 17.8 Å². The Morgan fingerprint density at radius 2 is 1.66 bits per heavy atom. The molecule has 0 bridgehead atoms. The number of anilines is 1. The van der Waals surface area contributed by atoms with E-state index in [0.717, 1.165) is 10.6 Å². The maximum absolute atomic E-state index is 14.8. The zero-order valence-electron chi connectivity index (χ0n) is 22.6. The van der Waals surface area contributed by atoms with Crippen LogP contribution in [0.5, 0.6) is 23.0 Å². The highest BCUT2D eigenvalue weighted by Gasteiger charge is 2.66. The normalized spacial score (nSPS) is 21.7. The van der Waals surface area contributed by atoms with Crippen LogP contribution >= 0.6 is 23.2 Å². The average molecular weight is 595 g/mol. The molecule has 5 rings (SSSR count). The van der Waals surface area contributed by atoms with Crippen LogP contribution in [-0.4, -0.2) is 43.3 Å². The number of phenolic OH excluding ortho intramolecular Hbond substituents is 1. The third-order valence-electron chi connectivity index (χ3n) is 7.81. The number of imide groups is 1. The lowest BCUT2D eigenvalue weighted by Crippen LogP contribution is -2.48. The fourth-order valence-electron chi connectivity index (χ4n) is 5.93. The highest BCUT2D eigenvalue weighted by atomic mass is 35.5. The van der Waals surface area contributed by atoms with Crippen LogP contribution in [-0.2, 0) is 15.0 Å². The van der Waals surface area contributed by atoms with Crippen LogP contribution in [0.3, 0.4) is 0 Å². The fraction of sp³-hybridized carbons (Fsp3) is 0.226. The Morgan fingerprint density at radius 1 is 1.00 bits per heavy atom. The number of carbonyl (C=O) groups excluding carboxylic acids is 2. The number of allylic oxidation sites excluding steroid dienone is 3. The van der Waals surface area contributed by atoms with Gasteiger partial charge in [0.05, 0.1) is 43.4 Å². The molecular weight excluding hydrogens is 567 g/mol. The number of benzene rings is 3. The summed E-state index contributed by atoms with van der Waals surface area (Å²) in [6.07, 6.45) is 3.88. The van der Waals surface area contributed by atoms with E-state index in [1.54, 1.807) is 61.7 Å². The predicted octanol–water partition coefficient (Wildman–Crippen LogP) is 6.27. The zero-order valence-corrected chi connectivity index (χ0v) is 24.1. The molecule has 0 spiro atoms. The monoisotopic (exact) mass is 594 g/mol. The molecule has 0 saturated carbocycles. The van der Waals surface area contributed by atoms with E-state index in [1.165, 1.54) is 20.3 Å². The van der Waals surface area contributed by atoms with Gasteiger partial charge in [0.25, 0.3) is 11.8 Å². The van der Waals surface area contributed by atoms with Crippen LogP contribution in [0.25, 0.3) is 0 Å². The summed E-state index contributed by atoms with van der Waals surface area (Å²) in [5.41, 5.74) is 3.82. The van der Waals surface area contributed by atoms with Crippen LogP contribution in [0.15, 0.2) is 78.9 Å². The first-order chi connectivity index (χ1) is 19.7. The summed E-state index contributed by atoms with van der Waals surface area (Å²) >= 11 is 12.5. The van der Waals surface area contributed by atoms with E-state index in [-0.39, 0.29) is 28.7 Å². The predicted molar refractivity (Wildman–Crippen MR) is 157 cm³/mol. The lowest BCUT2D eigenvalue weighted by atomic mass is 9.56. The Morgan fingerprint density at radius 3 is 2.22 bits per heavy atom. The minimum absolute atomic E-state index is 0.162. The number of fused-ring (bicyclic) bond motifs is 1. The summed E-state index contributed by atoms with van der Waals surface area (Å²) in [7, 11) is 4.41. The maximum atomic E-state index is 14.8. The second kappa shape index (κ2) is 11.0. The largest absolute Gasteiger partial charge is 0.502 e. The van der Waals surface area contributed by atoms with Gasteiger partial charge >= 0.3 is 0 Å². The maximum Gasteiger partial charge on any atom is 0.260 e. The van der Waals surface area contributed by atoms with E-state index in [9.17, 15) is 14.7 Å². The standard InChI is InChI=1S/C31H28Cl2N2O6/c1-5-17-6-12-22-29(37)35(34-24-13-9-20(32)16-23(24)33)30(38)31(22,19-7-10-21(39-2)11-8-19)27(17)18-14-25(40-3)28(36)26(15-18)41-4/h5-11,13-16,22,27,34,36H,1,12H2,2-4H3/t22-,27+,31+/m0/s1. The first-order valence-electron chi connectivity index (χ1n) is 12.7. The van der Waals surface area contributed by atoms with Gasteiger partial charge in [-0.2, -0.15) is 5.01 Å². The van der Waals surface area contributed by atoms with E-state index in [1.807, 2.05) is 6.08 Å². The zero-order chi connectivity index (χ0) is 29.5. The van der Waals surface area contributed by atoms with Gasteiger partial charge in [-0.1, -0.05) is 54.1 Å². The molecule has 0 aromatic heterocycles. The van der Waals surface area contributed by atoms with Crippen LogP contribution in [0.2, 0.25) is 10.0 Å². The fourth-order valence-corrected chi connectivity index (χ4v) is 6.38. The molecular formula is C31H28Cl2N2O6. The summed E-state index contributed by atoms with van der Waals surface area (Å²) in [4.78, 5) is 28.9. The van der Waals surface area contributed by atoms with Gasteiger partial charge in [0.1, 0.15) is 5.75 Å². The summed E-state index contributed by atoms with van der Waals surface area (Å²) in [5, 5.41) is 12.3. The second-order valence-corrected chi connectivity index (χ2v) is 10.6. The highest BCUT2D eigenvalue weighted by molar-refractivity contribution is 6.36. The van der Waals surface area contributed by atoms with Crippen molar-refractivity contribution in [3.63, 3.8) is 0 Å². The topological polar surface area (TPSA) is 97.3 Å². The number of nitrogens with zero attached hydrogens (tertiary/aromatic N) is 1. The van der Waals surface area contributed by atoms with Gasteiger partial charge < -0.3 is 19.3 Å².